The van der Waals surface area contributed by atoms with Gasteiger partial charge in [0.25, 0.3) is 0 Å². The first-order valence-electron chi connectivity index (χ1n) is 6.52. The highest BCUT2D eigenvalue weighted by Crippen LogP contribution is 2.24. The number of nitrogens with one attached hydrogen (secondary N) is 1. The number of carbonyl (C=O) groups excluding carboxylic acids is 1. The SMILES string of the molecule is CC(C)C(Br)C(=O)NC(c1ccc(Cl)cc1)C(C)C. The van der Waals surface area contributed by atoms with Gasteiger partial charge < -0.3 is 5.32 Å². The Balaban J connectivity index is 2.85. The van der Waals surface area contributed by atoms with Crippen LogP contribution in [0, 0.1) is 11.8 Å². The molecule has 0 aliphatic heterocycles. The van der Waals surface area contributed by atoms with Gasteiger partial charge in [0, 0.05) is 5.02 Å². The highest BCUT2D eigenvalue weighted by Gasteiger charge is 2.24. The van der Waals surface area contributed by atoms with E-state index in [9.17, 15) is 4.79 Å². The Hall–Kier alpha value is -0.540. The van der Waals surface area contributed by atoms with Gasteiger partial charge in [0.1, 0.15) is 0 Å². The van der Waals surface area contributed by atoms with Crippen molar-refractivity contribution in [1.29, 1.82) is 0 Å². The van der Waals surface area contributed by atoms with Crippen LogP contribution in [0.5, 0.6) is 0 Å². The van der Waals surface area contributed by atoms with Crippen molar-refractivity contribution in [1.82, 2.24) is 5.32 Å². The first-order chi connectivity index (χ1) is 8.82. The van der Waals surface area contributed by atoms with Gasteiger partial charge in [0.15, 0.2) is 0 Å². The molecule has 0 bridgehead atoms. The number of alkyl halides is 1. The molecule has 0 fully saturated rings. The maximum Gasteiger partial charge on any atom is 0.234 e. The number of hydrogen-bond donors (Lipinski definition) is 1. The first kappa shape index (κ1) is 16.5. The second kappa shape index (κ2) is 7.30. The van der Waals surface area contributed by atoms with Crippen molar-refractivity contribution in [3.63, 3.8) is 0 Å². The molecular formula is C15H21BrClNO. The van der Waals surface area contributed by atoms with E-state index in [-0.39, 0.29) is 22.7 Å². The molecule has 1 rings (SSSR count). The summed E-state index contributed by atoms with van der Waals surface area (Å²) in [5, 5.41) is 3.81. The molecule has 4 heteroatoms. The summed E-state index contributed by atoms with van der Waals surface area (Å²) in [5.41, 5.74) is 1.08. The molecule has 1 N–H and O–H groups in total. The molecule has 19 heavy (non-hydrogen) atoms. The van der Waals surface area contributed by atoms with Crippen molar-refractivity contribution in [2.24, 2.45) is 11.8 Å². The van der Waals surface area contributed by atoms with Crippen LogP contribution < -0.4 is 5.32 Å². The molecule has 1 aromatic carbocycles. The molecule has 0 radical (unpaired) electrons. The van der Waals surface area contributed by atoms with E-state index >= 15 is 0 Å². The summed E-state index contributed by atoms with van der Waals surface area (Å²) in [7, 11) is 0. The van der Waals surface area contributed by atoms with Crippen LogP contribution in [0.3, 0.4) is 0 Å². The molecule has 0 aliphatic carbocycles. The molecule has 0 saturated carbocycles. The summed E-state index contributed by atoms with van der Waals surface area (Å²) in [5.74, 6) is 0.610. The average molecular weight is 347 g/mol. The minimum Gasteiger partial charge on any atom is -0.348 e. The third-order valence-electron chi connectivity index (χ3n) is 3.03. The monoisotopic (exact) mass is 345 g/mol. The van der Waals surface area contributed by atoms with Crippen molar-refractivity contribution < 1.29 is 4.79 Å². The number of hydrogen-bond acceptors (Lipinski definition) is 1. The predicted octanol–water partition coefficient (Wildman–Crippen LogP) is 4.57. The van der Waals surface area contributed by atoms with Gasteiger partial charge in [-0.15, -0.1) is 0 Å². The number of carbonyl (C=O) groups is 1. The standard InChI is InChI=1S/C15H21BrClNO/c1-9(2)13(16)15(19)18-14(10(3)4)11-5-7-12(17)8-6-11/h5-10,13-14H,1-4H3,(H,18,19). The quantitative estimate of drug-likeness (QED) is 0.777. The highest BCUT2D eigenvalue weighted by atomic mass is 79.9. The van der Waals surface area contributed by atoms with Crippen LogP contribution in [0.2, 0.25) is 5.02 Å². The van der Waals surface area contributed by atoms with E-state index < -0.39 is 0 Å². The Morgan fingerprint density at radius 3 is 2.05 bits per heavy atom. The normalized spacial score (nSPS) is 14.5. The minimum atomic E-state index is -0.166. The van der Waals surface area contributed by atoms with Crippen LogP contribution in [-0.2, 0) is 4.79 Å². The zero-order valence-corrected chi connectivity index (χ0v) is 14.1. The summed E-state index contributed by atoms with van der Waals surface area (Å²) in [4.78, 5) is 12.0. The van der Waals surface area contributed by atoms with Gasteiger partial charge in [0.05, 0.1) is 10.9 Å². The Labute approximate surface area is 129 Å². The summed E-state index contributed by atoms with van der Waals surface area (Å²) in [6, 6.07) is 7.64. The summed E-state index contributed by atoms with van der Waals surface area (Å²) in [6.45, 7) is 8.23. The lowest BCUT2D eigenvalue weighted by Gasteiger charge is -2.25. The van der Waals surface area contributed by atoms with Crippen molar-refractivity contribution in [3.05, 3.63) is 34.9 Å². The molecule has 1 aromatic rings. The first-order valence-corrected chi connectivity index (χ1v) is 7.82. The second-order valence-electron chi connectivity index (χ2n) is 5.43. The van der Waals surface area contributed by atoms with E-state index in [4.69, 9.17) is 11.6 Å². The van der Waals surface area contributed by atoms with Gasteiger partial charge in [-0.25, -0.2) is 0 Å². The molecule has 106 valence electrons. The number of benzene rings is 1. The third kappa shape index (κ3) is 4.81. The second-order valence-corrected chi connectivity index (χ2v) is 6.85. The molecule has 0 heterocycles. The molecular weight excluding hydrogens is 326 g/mol. The molecule has 2 atom stereocenters. The summed E-state index contributed by atoms with van der Waals surface area (Å²) >= 11 is 9.34. The smallest absolute Gasteiger partial charge is 0.234 e. The zero-order valence-electron chi connectivity index (χ0n) is 11.8. The van der Waals surface area contributed by atoms with Crippen LogP contribution in [0.15, 0.2) is 24.3 Å². The largest absolute Gasteiger partial charge is 0.348 e. The lowest BCUT2D eigenvalue weighted by atomic mass is 9.95. The maximum absolute atomic E-state index is 12.2. The maximum atomic E-state index is 12.2. The van der Waals surface area contributed by atoms with E-state index in [2.05, 4.69) is 35.1 Å². The van der Waals surface area contributed by atoms with E-state index in [1.54, 1.807) is 0 Å². The van der Waals surface area contributed by atoms with Crippen molar-refractivity contribution >= 4 is 33.4 Å². The summed E-state index contributed by atoms with van der Waals surface area (Å²) < 4.78 is 0. The molecule has 2 unspecified atom stereocenters. The Kier molecular flexibility index (Phi) is 6.34. The van der Waals surface area contributed by atoms with Crippen molar-refractivity contribution in [2.75, 3.05) is 0 Å². The minimum absolute atomic E-state index is 0.00330. The van der Waals surface area contributed by atoms with Crippen LogP contribution in [-0.4, -0.2) is 10.7 Å². The number of halogens is 2. The molecule has 1 amide bonds. The lowest BCUT2D eigenvalue weighted by Crippen LogP contribution is -2.38. The molecule has 0 aliphatic rings. The van der Waals surface area contributed by atoms with Gasteiger partial charge >= 0.3 is 0 Å². The Morgan fingerprint density at radius 2 is 1.63 bits per heavy atom. The van der Waals surface area contributed by atoms with E-state index in [1.165, 1.54) is 0 Å². The Bertz CT molecular complexity index is 417. The third-order valence-corrected chi connectivity index (χ3v) is 4.75. The fourth-order valence-electron chi connectivity index (χ4n) is 1.84. The highest BCUT2D eigenvalue weighted by molar-refractivity contribution is 9.10. The van der Waals surface area contributed by atoms with E-state index in [0.29, 0.717) is 10.9 Å². The predicted molar refractivity (Wildman–Crippen MR) is 84.7 cm³/mol. The van der Waals surface area contributed by atoms with Gasteiger partial charge in [0.2, 0.25) is 5.91 Å². The zero-order chi connectivity index (χ0) is 14.6. The molecule has 0 spiro atoms. The van der Waals surface area contributed by atoms with Crippen LogP contribution in [0.1, 0.15) is 39.3 Å². The fraction of sp³-hybridized carbons (Fsp3) is 0.533. The molecule has 0 aromatic heterocycles. The summed E-state index contributed by atoms with van der Waals surface area (Å²) in [6.07, 6.45) is 0. The van der Waals surface area contributed by atoms with E-state index in [1.807, 2.05) is 38.1 Å². The van der Waals surface area contributed by atoms with Gasteiger partial charge in [-0.3, -0.25) is 4.79 Å². The topological polar surface area (TPSA) is 29.1 Å². The molecule has 0 saturated heterocycles. The van der Waals surface area contributed by atoms with Crippen LogP contribution >= 0.6 is 27.5 Å². The van der Waals surface area contributed by atoms with Gasteiger partial charge in [-0.2, -0.15) is 0 Å². The van der Waals surface area contributed by atoms with Crippen LogP contribution in [0.25, 0.3) is 0 Å². The van der Waals surface area contributed by atoms with E-state index in [0.717, 1.165) is 5.56 Å². The number of rotatable bonds is 5. The Morgan fingerprint density at radius 1 is 1.11 bits per heavy atom. The van der Waals surface area contributed by atoms with Crippen molar-refractivity contribution in [3.8, 4) is 0 Å². The molecule has 2 nitrogen and oxygen atoms in total. The lowest BCUT2D eigenvalue weighted by molar-refractivity contribution is -0.122. The van der Waals surface area contributed by atoms with Gasteiger partial charge in [-0.05, 0) is 29.5 Å². The van der Waals surface area contributed by atoms with Crippen molar-refractivity contribution in [2.45, 2.75) is 38.6 Å². The number of amides is 1. The average Bonchev–Trinajstić information content (AvgIpc) is 2.35. The fourth-order valence-corrected chi connectivity index (χ4v) is 2.10. The van der Waals surface area contributed by atoms with Gasteiger partial charge in [-0.1, -0.05) is 67.4 Å². The van der Waals surface area contributed by atoms with Crippen LogP contribution in [0.4, 0.5) is 0 Å².